The minimum Gasteiger partial charge on any atom is -0.481 e. The summed E-state index contributed by atoms with van der Waals surface area (Å²) in [6.45, 7) is 1.75. The van der Waals surface area contributed by atoms with Gasteiger partial charge in [0.25, 0.3) is 0 Å². The van der Waals surface area contributed by atoms with Gasteiger partial charge in [-0.3, -0.25) is 4.79 Å². The van der Waals surface area contributed by atoms with Gasteiger partial charge in [-0.1, -0.05) is 6.92 Å². The molecule has 0 aliphatic rings. The zero-order valence-corrected chi connectivity index (χ0v) is 7.41. The van der Waals surface area contributed by atoms with E-state index in [0.29, 0.717) is 6.42 Å². The van der Waals surface area contributed by atoms with Crippen LogP contribution in [0.25, 0.3) is 0 Å². The highest BCUT2D eigenvalue weighted by molar-refractivity contribution is 6.21. The van der Waals surface area contributed by atoms with Crippen LogP contribution in [0.4, 0.5) is 0 Å². The summed E-state index contributed by atoms with van der Waals surface area (Å²) in [4.78, 5) is 23.3. The molecule has 0 heterocycles. The van der Waals surface area contributed by atoms with Crippen LogP contribution in [0.15, 0.2) is 4.99 Å². The number of alkyl halides is 1. The van der Waals surface area contributed by atoms with Crippen LogP contribution >= 0.6 is 11.6 Å². The number of nitrogens with zero attached hydrogens (tertiary/aromatic N) is 1. The van der Waals surface area contributed by atoms with Crippen molar-refractivity contribution in [2.45, 2.75) is 18.7 Å². The molecule has 0 aromatic carbocycles. The van der Waals surface area contributed by atoms with Crippen molar-refractivity contribution >= 4 is 23.7 Å². The maximum atomic E-state index is 10.4. The zero-order valence-electron chi connectivity index (χ0n) is 6.66. The highest BCUT2D eigenvalue weighted by Crippen LogP contribution is 2.14. The van der Waals surface area contributed by atoms with Crippen molar-refractivity contribution in [1.82, 2.24) is 0 Å². The van der Waals surface area contributed by atoms with Crippen molar-refractivity contribution in [3.63, 3.8) is 0 Å². The van der Waals surface area contributed by atoms with E-state index < -0.39 is 17.3 Å². The summed E-state index contributed by atoms with van der Waals surface area (Å²) in [5, 5.41) is 8.03. The fraction of sp³-hybridized carbons (Fsp3) is 0.714. The number of isocyanates is 1. The summed E-state index contributed by atoms with van der Waals surface area (Å²) in [6, 6.07) is 0. The van der Waals surface area contributed by atoms with E-state index in [-0.39, 0.29) is 6.54 Å². The van der Waals surface area contributed by atoms with Gasteiger partial charge in [0.2, 0.25) is 6.08 Å². The predicted molar refractivity (Wildman–Crippen MR) is 44.0 cm³/mol. The van der Waals surface area contributed by atoms with Crippen molar-refractivity contribution in [2.75, 3.05) is 6.54 Å². The van der Waals surface area contributed by atoms with Gasteiger partial charge < -0.3 is 5.11 Å². The Balaban J connectivity index is 3.78. The predicted octanol–water partition coefficient (Wildman–Crippen LogP) is 1.04. The van der Waals surface area contributed by atoms with Gasteiger partial charge in [0.15, 0.2) is 0 Å². The van der Waals surface area contributed by atoms with Crippen molar-refractivity contribution in [3.8, 4) is 0 Å². The Morgan fingerprint density at radius 3 is 2.75 bits per heavy atom. The summed E-state index contributed by atoms with van der Waals surface area (Å²) >= 11 is 5.69. The van der Waals surface area contributed by atoms with Gasteiger partial charge in [-0.25, -0.2) is 9.79 Å². The van der Waals surface area contributed by atoms with E-state index in [0.717, 1.165) is 0 Å². The Bertz CT molecular complexity index is 201. The third-order valence-electron chi connectivity index (χ3n) is 1.51. The standard InChI is InChI=1S/C7H10ClNO3/c1-5(7(11)12)6(8)2-3-9-4-10/h5-6H,2-3H2,1H3,(H,11,12). The molecule has 0 aliphatic heterocycles. The maximum absolute atomic E-state index is 10.4. The minimum atomic E-state index is -0.940. The first-order chi connectivity index (χ1) is 5.59. The largest absolute Gasteiger partial charge is 0.481 e. The number of carboxylic acids is 1. The Hall–Kier alpha value is -0.860. The highest BCUT2D eigenvalue weighted by atomic mass is 35.5. The fourth-order valence-electron chi connectivity index (χ4n) is 0.638. The Morgan fingerprint density at radius 1 is 1.75 bits per heavy atom. The summed E-state index contributed by atoms with van der Waals surface area (Å²) in [5.41, 5.74) is 0. The maximum Gasteiger partial charge on any atom is 0.307 e. The average Bonchev–Trinajstić information content (AvgIpc) is 2.03. The molecule has 4 nitrogen and oxygen atoms in total. The Labute approximate surface area is 75.2 Å². The van der Waals surface area contributed by atoms with E-state index in [4.69, 9.17) is 16.7 Å². The van der Waals surface area contributed by atoms with Crippen molar-refractivity contribution in [3.05, 3.63) is 0 Å². The monoisotopic (exact) mass is 191 g/mol. The van der Waals surface area contributed by atoms with Crippen LogP contribution < -0.4 is 0 Å². The first-order valence-corrected chi connectivity index (χ1v) is 3.93. The van der Waals surface area contributed by atoms with E-state index in [1.807, 2.05) is 0 Å². The van der Waals surface area contributed by atoms with Crippen molar-refractivity contribution in [1.29, 1.82) is 0 Å². The molecule has 0 fully saturated rings. The molecule has 12 heavy (non-hydrogen) atoms. The van der Waals surface area contributed by atoms with Gasteiger partial charge in [-0.2, -0.15) is 0 Å². The van der Waals surface area contributed by atoms with Gasteiger partial charge in [0.05, 0.1) is 12.5 Å². The van der Waals surface area contributed by atoms with Crippen LogP contribution in [0.3, 0.4) is 0 Å². The smallest absolute Gasteiger partial charge is 0.307 e. The molecule has 2 unspecified atom stereocenters. The minimum absolute atomic E-state index is 0.231. The molecule has 0 aliphatic carbocycles. The first-order valence-electron chi connectivity index (χ1n) is 3.50. The first kappa shape index (κ1) is 11.1. The number of carbonyl (C=O) groups excluding carboxylic acids is 1. The van der Waals surface area contributed by atoms with E-state index in [1.165, 1.54) is 13.0 Å². The fourth-order valence-corrected chi connectivity index (χ4v) is 0.844. The van der Waals surface area contributed by atoms with Gasteiger partial charge in [-0.15, -0.1) is 11.6 Å². The lowest BCUT2D eigenvalue weighted by Gasteiger charge is -2.11. The highest BCUT2D eigenvalue weighted by Gasteiger charge is 2.20. The van der Waals surface area contributed by atoms with E-state index >= 15 is 0 Å². The average molecular weight is 192 g/mol. The number of carboxylic acid groups (broad SMARTS) is 1. The van der Waals surface area contributed by atoms with Crippen LogP contribution in [-0.4, -0.2) is 29.1 Å². The molecule has 0 saturated heterocycles. The quantitative estimate of drug-likeness (QED) is 0.401. The topological polar surface area (TPSA) is 66.7 Å². The Kier molecular flexibility index (Phi) is 5.34. The number of hydrogen-bond donors (Lipinski definition) is 1. The van der Waals surface area contributed by atoms with Crippen LogP contribution in [0.5, 0.6) is 0 Å². The molecule has 0 rings (SSSR count). The second kappa shape index (κ2) is 5.75. The van der Waals surface area contributed by atoms with Crippen LogP contribution in [0.2, 0.25) is 0 Å². The molecule has 0 radical (unpaired) electrons. The van der Waals surface area contributed by atoms with Gasteiger partial charge in [0, 0.05) is 5.38 Å². The van der Waals surface area contributed by atoms with Crippen molar-refractivity contribution < 1.29 is 14.7 Å². The number of carbonyl (C=O) groups is 1. The van der Waals surface area contributed by atoms with Gasteiger partial charge in [-0.05, 0) is 6.42 Å². The molecule has 0 aromatic rings. The Morgan fingerprint density at radius 2 is 2.33 bits per heavy atom. The summed E-state index contributed by atoms with van der Waals surface area (Å²) in [7, 11) is 0. The van der Waals surface area contributed by atoms with Crippen molar-refractivity contribution in [2.24, 2.45) is 10.9 Å². The van der Waals surface area contributed by atoms with E-state index in [1.54, 1.807) is 0 Å². The third-order valence-corrected chi connectivity index (χ3v) is 2.11. The van der Waals surface area contributed by atoms with Gasteiger partial charge in [0.1, 0.15) is 0 Å². The molecule has 0 saturated carbocycles. The molecule has 68 valence electrons. The molecule has 5 heteroatoms. The summed E-state index contributed by atoms with van der Waals surface area (Å²) in [5.74, 6) is -1.56. The number of rotatable bonds is 5. The molecule has 2 atom stereocenters. The second-order valence-electron chi connectivity index (χ2n) is 2.40. The lowest BCUT2D eigenvalue weighted by atomic mass is 10.1. The number of aliphatic carboxylic acids is 1. The lowest BCUT2D eigenvalue weighted by Crippen LogP contribution is -2.21. The van der Waals surface area contributed by atoms with Gasteiger partial charge >= 0.3 is 5.97 Å². The van der Waals surface area contributed by atoms with Crippen LogP contribution in [0, 0.1) is 5.92 Å². The summed E-state index contributed by atoms with van der Waals surface area (Å²) < 4.78 is 0. The zero-order chi connectivity index (χ0) is 9.56. The lowest BCUT2D eigenvalue weighted by molar-refractivity contribution is -0.141. The number of halogens is 1. The number of aliphatic imine (C=N–C) groups is 1. The molecule has 0 bridgehead atoms. The molecular weight excluding hydrogens is 182 g/mol. The molecular formula is C7H10ClNO3. The summed E-state index contributed by atoms with van der Waals surface area (Å²) in [6.07, 6.45) is 1.74. The van der Waals surface area contributed by atoms with Crippen LogP contribution in [-0.2, 0) is 9.59 Å². The normalized spacial score (nSPS) is 14.5. The molecule has 0 aromatic heterocycles. The second-order valence-corrected chi connectivity index (χ2v) is 2.97. The number of hydrogen-bond acceptors (Lipinski definition) is 3. The molecule has 1 N–H and O–H groups in total. The third kappa shape index (κ3) is 4.11. The SMILES string of the molecule is CC(C(=O)O)C(Cl)CCN=C=O. The van der Waals surface area contributed by atoms with Crippen LogP contribution in [0.1, 0.15) is 13.3 Å². The van der Waals surface area contributed by atoms with E-state index in [9.17, 15) is 9.59 Å². The van der Waals surface area contributed by atoms with E-state index in [2.05, 4.69) is 4.99 Å². The molecule has 0 spiro atoms. The molecule has 0 amide bonds.